The third-order valence-electron chi connectivity index (χ3n) is 1.89. The Kier molecular flexibility index (Phi) is 7.30. The fourth-order valence-corrected chi connectivity index (χ4v) is 1.49. The highest BCUT2D eigenvalue weighted by atomic mass is 35.5. The van der Waals surface area contributed by atoms with Gasteiger partial charge in [-0.2, -0.15) is 0 Å². The van der Waals surface area contributed by atoms with Crippen molar-refractivity contribution < 1.29 is 0 Å². The number of hydrogen-bond donors (Lipinski definition) is 1. The zero-order valence-electron chi connectivity index (χ0n) is 11.2. The lowest BCUT2D eigenvalue weighted by atomic mass is 10.4. The maximum atomic E-state index is 5.94. The van der Waals surface area contributed by atoms with E-state index in [-0.39, 0.29) is 0 Å². The standard InChI is InChI=1S/C8H9ClN4.2C2H6/c1-2-13-4-11-7-5(9)3-6(10)12-8(7)13;2*1-2/h3-4H,2H2,1H3,(H2,10,12);2*1-2H3. The second-order valence-corrected chi connectivity index (χ2v) is 3.14. The molecule has 0 radical (unpaired) electrons. The van der Waals surface area contributed by atoms with Gasteiger partial charge in [0.25, 0.3) is 0 Å². The Labute approximate surface area is 108 Å². The summed E-state index contributed by atoms with van der Waals surface area (Å²) >= 11 is 5.94. The van der Waals surface area contributed by atoms with Crippen molar-refractivity contribution in [1.82, 2.24) is 14.5 Å². The average molecular weight is 257 g/mol. The van der Waals surface area contributed by atoms with Crippen molar-refractivity contribution >= 4 is 28.6 Å². The summed E-state index contributed by atoms with van der Waals surface area (Å²) in [5, 5.41) is 0.551. The summed E-state index contributed by atoms with van der Waals surface area (Å²) in [6, 6.07) is 1.61. The van der Waals surface area contributed by atoms with Gasteiger partial charge in [0.1, 0.15) is 11.3 Å². The van der Waals surface area contributed by atoms with Gasteiger partial charge in [-0.3, -0.25) is 0 Å². The van der Waals surface area contributed by atoms with Crippen molar-refractivity contribution in [3.05, 3.63) is 17.4 Å². The quantitative estimate of drug-likeness (QED) is 0.846. The Morgan fingerprint density at radius 3 is 2.41 bits per heavy atom. The van der Waals surface area contributed by atoms with E-state index in [0.29, 0.717) is 16.4 Å². The number of aryl methyl sites for hydroxylation is 1. The van der Waals surface area contributed by atoms with Gasteiger partial charge in [-0.1, -0.05) is 39.3 Å². The first-order chi connectivity index (χ1) is 8.22. The highest BCUT2D eigenvalue weighted by Gasteiger charge is 2.07. The van der Waals surface area contributed by atoms with E-state index in [9.17, 15) is 0 Å². The van der Waals surface area contributed by atoms with Crippen LogP contribution in [0.2, 0.25) is 5.02 Å². The SMILES string of the molecule is CC.CC.CCn1cnc2c(Cl)cc(N)nc21. The minimum absolute atomic E-state index is 0.424. The molecule has 0 saturated heterocycles. The molecule has 2 aromatic rings. The number of halogens is 1. The van der Waals surface area contributed by atoms with E-state index in [1.807, 2.05) is 39.2 Å². The minimum atomic E-state index is 0.424. The topological polar surface area (TPSA) is 56.7 Å². The molecule has 0 aliphatic heterocycles. The first kappa shape index (κ1) is 15.7. The highest BCUT2D eigenvalue weighted by molar-refractivity contribution is 6.35. The van der Waals surface area contributed by atoms with Gasteiger partial charge in [-0.15, -0.1) is 0 Å². The maximum absolute atomic E-state index is 5.94. The van der Waals surface area contributed by atoms with Gasteiger partial charge in [-0.25, -0.2) is 9.97 Å². The first-order valence-electron chi connectivity index (χ1n) is 5.99. The van der Waals surface area contributed by atoms with Crippen LogP contribution in [0.25, 0.3) is 11.2 Å². The van der Waals surface area contributed by atoms with Crippen LogP contribution < -0.4 is 5.73 Å². The molecular weight excluding hydrogens is 236 g/mol. The van der Waals surface area contributed by atoms with E-state index in [1.54, 1.807) is 12.4 Å². The van der Waals surface area contributed by atoms with Crippen LogP contribution in [0.3, 0.4) is 0 Å². The summed E-state index contributed by atoms with van der Waals surface area (Å²) < 4.78 is 1.90. The van der Waals surface area contributed by atoms with Gasteiger partial charge in [0.15, 0.2) is 5.65 Å². The smallest absolute Gasteiger partial charge is 0.163 e. The molecule has 0 atom stereocenters. The molecule has 5 heteroatoms. The van der Waals surface area contributed by atoms with Gasteiger partial charge < -0.3 is 10.3 Å². The Bertz CT molecular complexity index is 451. The van der Waals surface area contributed by atoms with E-state index < -0.39 is 0 Å². The van der Waals surface area contributed by atoms with Crippen molar-refractivity contribution in [1.29, 1.82) is 0 Å². The molecule has 0 fully saturated rings. The number of nitrogen functional groups attached to an aromatic ring is 1. The first-order valence-corrected chi connectivity index (χ1v) is 6.37. The Morgan fingerprint density at radius 1 is 1.29 bits per heavy atom. The van der Waals surface area contributed by atoms with Crippen LogP contribution in [0, 0.1) is 0 Å². The molecule has 96 valence electrons. The van der Waals surface area contributed by atoms with Crippen molar-refractivity contribution in [2.24, 2.45) is 0 Å². The van der Waals surface area contributed by atoms with E-state index in [4.69, 9.17) is 17.3 Å². The molecule has 2 N–H and O–H groups in total. The van der Waals surface area contributed by atoms with E-state index >= 15 is 0 Å². The van der Waals surface area contributed by atoms with Crippen LogP contribution in [-0.2, 0) is 6.54 Å². The van der Waals surface area contributed by atoms with Crippen molar-refractivity contribution in [2.45, 2.75) is 41.2 Å². The highest BCUT2D eigenvalue weighted by Crippen LogP contribution is 2.22. The minimum Gasteiger partial charge on any atom is -0.384 e. The van der Waals surface area contributed by atoms with Gasteiger partial charge in [0.2, 0.25) is 0 Å². The van der Waals surface area contributed by atoms with E-state index in [2.05, 4.69) is 9.97 Å². The summed E-state index contributed by atoms with van der Waals surface area (Å²) in [5.41, 5.74) is 7.02. The third-order valence-corrected chi connectivity index (χ3v) is 2.17. The van der Waals surface area contributed by atoms with Crippen LogP contribution >= 0.6 is 11.6 Å². The zero-order valence-corrected chi connectivity index (χ0v) is 11.9. The summed E-state index contributed by atoms with van der Waals surface area (Å²) in [5.74, 6) is 0.424. The summed E-state index contributed by atoms with van der Waals surface area (Å²) in [7, 11) is 0. The summed E-state index contributed by atoms with van der Waals surface area (Å²) in [4.78, 5) is 8.30. The van der Waals surface area contributed by atoms with Gasteiger partial charge >= 0.3 is 0 Å². The third kappa shape index (κ3) is 3.60. The number of pyridine rings is 1. The van der Waals surface area contributed by atoms with Crippen LogP contribution in [0.1, 0.15) is 34.6 Å². The van der Waals surface area contributed by atoms with E-state index in [1.165, 1.54) is 0 Å². The molecular formula is C12H21ClN4. The predicted molar refractivity (Wildman–Crippen MR) is 75.3 cm³/mol. The molecule has 2 rings (SSSR count). The molecule has 0 aliphatic carbocycles. The van der Waals surface area contributed by atoms with Crippen molar-refractivity contribution in [2.75, 3.05) is 5.73 Å². The molecule has 4 nitrogen and oxygen atoms in total. The second-order valence-electron chi connectivity index (χ2n) is 2.73. The van der Waals surface area contributed by atoms with Crippen LogP contribution in [0.4, 0.5) is 5.82 Å². The molecule has 17 heavy (non-hydrogen) atoms. The van der Waals surface area contributed by atoms with Gasteiger partial charge in [-0.05, 0) is 6.92 Å². The van der Waals surface area contributed by atoms with Crippen LogP contribution in [0.5, 0.6) is 0 Å². The number of rotatable bonds is 1. The van der Waals surface area contributed by atoms with Crippen LogP contribution in [-0.4, -0.2) is 14.5 Å². The molecule has 0 spiro atoms. The monoisotopic (exact) mass is 256 g/mol. The molecule has 2 aromatic heterocycles. The van der Waals surface area contributed by atoms with Gasteiger partial charge in [0.05, 0.1) is 11.3 Å². The number of nitrogens with two attached hydrogens (primary N) is 1. The summed E-state index contributed by atoms with van der Waals surface area (Å²) in [6.45, 7) is 10.8. The van der Waals surface area contributed by atoms with Gasteiger partial charge in [0, 0.05) is 12.6 Å². The normalized spacial score (nSPS) is 9.06. The number of anilines is 1. The van der Waals surface area contributed by atoms with Crippen molar-refractivity contribution in [3.8, 4) is 0 Å². The van der Waals surface area contributed by atoms with E-state index in [0.717, 1.165) is 12.2 Å². The number of imidazole rings is 1. The molecule has 0 unspecified atom stereocenters. The molecule has 0 aromatic carbocycles. The lowest BCUT2D eigenvalue weighted by molar-refractivity contribution is 0.778. The average Bonchev–Trinajstić information content (AvgIpc) is 2.77. The Balaban J connectivity index is 0.000000581. The molecule has 2 heterocycles. The lowest BCUT2D eigenvalue weighted by Gasteiger charge is -1.99. The molecule has 0 bridgehead atoms. The molecule has 0 aliphatic rings. The predicted octanol–water partition coefficient (Wildman–Crippen LogP) is 3.74. The zero-order chi connectivity index (χ0) is 13.4. The summed E-state index contributed by atoms with van der Waals surface area (Å²) in [6.07, 6.45) is 1.71. The number of fused-ring (bicyclic) bond motifs is 1. The lowest BCUT2D eigenvalue weighted by Crippen LogP contribution is -1.96. The largest absolute Gasteiger partial charge is 0.384 e. The fourth-order valence-electron chi connectivity index (χ4n) is 1.25. The van der Waals surface area contributed by atoms with Crippen LogP contribution in [0.15, 0.2) is 12.4 Å². The molecule has 0 amide bonds. The maximum Gasteiger partial charge on any atom is 0.163 e. The van der Waals surface area contributed by atoms with Crippen molar-refractivity contribution in [3.63, 3.8) is 0 Å². The second kappa shape index (κ2) is 7.90. The fraction of sp³-hybridized carbons (Fsp3) is 0.500. The molecule has 0 saturated carbocycles. The number of nitrogens with zero attached hydrogens (tertiary/aromatic N) is 3. The number of aromatic nitrogens is 3. The Hall–Kier alpha value is -1.29. The number of hydrogen-bond acceptors (Lipinski definition) is 3. The Morgan fingerprint density at radius 2 is 1.88 bits per heavy atom.